The first kappa shape index (κ1) is 11.4. The molecule has 0 atom stereocenters. The number of ether oxygens (including phenoxy) is 1. The molecule has 0 aromatic heterocycles. The highest BCUT2D eigenvalue weighted by Gasteiger charge is 1.98. The quantitative estimate of drug-likeness (QED) is 0.495. The molecule has 0 saturated carbocycles. The third-order valence-corrected chi connectivity index (χ3v) is 4.08. The van der Waals surface area contributed by atoms with E-state index in [4.69, 9.17) is 0 Å². The van der Waals surface area contributed by atoms with Crippen LogP contribution in [-0.4, -0.2) is 18.8 Å². The largest absolute Gasteiger partial charge is 0.457 e. The zero-order valence-electron chi connectivity index (χ0n) is 8.32. The first-order valence-corrected chi connectivity index (χ1v) is 6.69. The molecule has 1 aliphatic rings. The van der Waals surface area contributed by atoms with Gasteiger partial charge < -0.3 is 4.74 Å². The van der Waals surface area contributed by atoms with Crippen molar-refractivity contribution in [2.45, 2.75) is 25.7 Å². The van der Waals surface area contributed by atoms with Crippen LogP contribution in [0.4, 0.5) is 0 Å². The molecular weight excluding hydrogens is 196 g/mol. The zero-order chi connectivity index (χ0) is 10.1. The number of thiol groups is 1. The average Bonchev–Trinajstić information content (AvgIpc) is 2.69. The Labute approximate surface area is 88.4 Å². The van der Waals surface area contributed by atoms with E-state index in [9.17, 15) is 4.79 Å². The Hall–Kier alpha value is -0.700. The third kappa shape index (κ3) is 5.12. The summed E-state index contributed by atoms with van der Waals surface area (Å²) in [6.07, 6.45) is 8.92. The molecule has 1 radical (unpaired) electrons. The highest BCUT2D eigenvalue weighted by molar-refractivity contribution is 8.22. The lowest BCUT2D eigenvalue weighted by atomic mass is 10.2. The van der Waals surface area contributed by atoms with Crippen molar-refractivity contribution in [1.82, 2.24) is 0 Å². The van der Waals surface area contributed by atoms with Crippen LogP contribution in [0.1, 0.15) is 25.7 Å². The van der Waals surface area contributed by atoms with Gasteiger partial charge in [0.05, 0.1) is 6.61 Å². The van der Waals surface area contributed by atoms with Gasteiger partial charge in [-0.1, -0.05) is 25.0 Å². The van der Waals surface area contributed by atoms with Crippen LogP contribution >= 0.6 is 10.9 Å². The van der Waals surface area contributed by atoms with Gasteiger partial charge in [-0.25, -0.2) is 15.7 Å². The second kappa shape index (κ2) is 7.68. The summed E-state index contributed by atoms with van der Waals surface area (Å²) in [4.78, 5) is 9.71. The van der Waals surface area contributed by atoms with Crippen LogP contribution in [0.15, 0.2) is 23.0 Å². The average molecular weight is 213 g/mol. The lowest BCUT2D eigenvalue weighted by Gasteiger charge is -2.08. The summed E-state index contributed by atoms with van der Waals surface area (Å²) in [7, 11) is 0.0726. The molecule has 0 bridgehead atoms. The van der Waals surface area contributed by atoms with Crippen LogP contribution in [0.25, 0.3) is 0 Å². The van der Waals surface area contributed by atoms with Crippen molar-refractivity contribution < 1.29 is 9.53 Å². The van der Waals surface area contributed by atoms with Crippen molar-refractivity contribution in [1.29, 1.82) is 0 Å². The number of hydrogen-bond donors (Lipinski definition) is 1. The predicted molar refractivity (Wildman–Crippen MR) is 62.2 cm³/mol. The summed E-state index contributed by atoms with van der Waals surface area (Å²) in [5.74, 6) is 1.31. The summed E-state index contributed by atoms with van der Waals surface area (Å²) in [6.45, 7) is 1.96. The Bertz CT molecular complexity index is 199. The minimum Gasteiger partial charge on any atom is -0.457 e. The van der Waals surface area contributed by atoms with Crippen molar-refractivity contribution in [2.24, 2.45) is 0 Å². The smallest absolute Gasteiger partial charge is 0.417 e. The number of unbranched alkanes of at least 4 members (excludes halogenated alkanes) is 3. The molecule has 79 valence electrons. The first-order valence-electron chi connectivity index (χ1n) is 5.03. The lowest BCUT2D eigenvalue weighted by molar-refractivity contribution is 0.269. The van der Waals surface area contributed by atoms with Crippen LogP contribution in [0, 0.1) is 0 Å². The fraction of sp³-hybridized carbons (Fsp3) is 0.545. The van der Waals surface area contributed by atoms with Crippen LogP contribution in [-0.2, 0) is 9.53 Å². The molecule has 0 amide bonds. The molecule has 0 N–H and O–H groups in total. The topological polar surface area (TPSA) is 26.3 Å². The van der Waals surface area contributed by atoms with Crippen molar-refractivity contribution >= 4 is 17.4 Å². The molecule has 2 nitrogen and oxygen atoms in total. The normalized spacial score (nSPS) is 16.1. The van der Waals surface area contributed by atoms with Gasteiger partial charge in [-0.15, -0.1) is 0 Å². The van der Waals surface area contributed by atoms with E-state index >= 15 is 0 Å². The molecule has 0 unspecified atom stereocenters. The molecule has 14 heavy (non-hydrogen) atoms. The zero-order valence-corrected chi connectivity index (χ0v) is 9.21. The molecule has 0 spiro atoms. The van der Waals surface area contributed by atoms with Gasteiger partial charge in [-0.3, -0.25) is 0 Å². The van der Waals surface area contributed by atoms with E-state index in [-0.39, 0.29) is 10.9 Å². The molecule has 1 aliphatic heterocycles. The van der Waals surface area contributed by atoms with Gasteiger partial charge in [-0.2, -0.15) is 0 Å². The predicted octanol–water partition coefficient (Wildman–Crippen LogP) is 2.67. The monoisotopic (exact) mass is 213 g/mol. The van der Waals surface area contributed by atoms with Gasteiger partial charge in [0.25, 0.3) is 0 Å². The van der Waals surface area contributed by atoms with Crippen LogP contribution < -0.4 is 0 Å². The maximum atomic E-state index is 9.71. The molecule has 0 aliphatic carbocycles. The molecule has 0 aromatic carbocycles. The maximum absolute atomic E-state index is 9.71. The van der Waals surface area contributed by atoms with Gasteiger partial charge in [-0.05, 0) is 29.4 Å². The first-order chi connectivity index (χ1) is 6.93. The van der Waals surface area contributed by atoms with Crippen LogP contribution in [0.3, 0.4) is 0 Å². The molecule has 0 saturated heterocycles. The fourth-order valence-corrected chi connectivity index (χ4v) is 3.01. The highest BCUT2D eigenvalue weighted by atomic mass is 32.2. The molecule has 0 aromatic rings. The van der Waals surface area contributed by atoms with Gasteiger partial charge in [0.2, 0.25) is 0 Å². The Morgan fingerprint density at radius 1 is 1.07 bits per heavy atom. The summed E-state index contributed by atoms with van der Waals surface area (Å²) >= 11 is 0. The SMILES string of the molecule is O=[C]OCCCCCC[SH]1C=CC=C1. The number of allylic oxidation sites excluding steroid dienone is 2. The fourth-order valence-electron chi connectivity index (χ4n) is 1.38. The van der Waals surface area contributed by atoms with Crippen molar-refractivity contribution in [3.05, 3.63) is 23.0 Å². The Morgan fingerprint density at radius 2 is 1.79 bits per heavy atom. The number of hydrogen-bond acceptors (Lipinski definition) is 2. The van der Waals surface area contributed by atoms with E-state index in [2.05, 4.69) is 27.7 Å². The second-order valence-electron chi connectivity index (χ2n) is 3.27. The Balaban J connectivity index is 1.82. The molecule has 1 heterocycles. The molecule has 0 fully saturated rings. The van der Waals surface area contributed by atoms with Crippen molar-refractivity contribution in [2.75, 3.05) is 12.4 Å². The van der Waals surface area contributed by atoms with E-state index in [1.165, 1.54) is 25.1 Å². The van der Waals surface area contributed by atoms with Gasteiger partial charge in [0.15, 0.2) is 0 Å². The van der Waals surface area contributed by atoms with Crippen molar-refractivity contribution in [3.8, 4) is 0 Å². The summed E-state index contributed by atoms with van der Waals surface area (Å²) < 4.78 is 4.49. The number of rotatable bonds is 8. The maximum Gasteiger partial charge on any atom is 0.417 e. The van der Waals surface area contributed by atoms with E-state index in [0.717, 1.165) is 12.8 Å². The molecular formula is C11H17O2S. The second-order valence-corrected chi connectivity index (χ2v) is 5.34. The van der Waals surface area contributed by atoms with Gasteiger partial charge in [0.1, 0.15) is 0 Å². The van der Waals surface area contributed by atoms with E-state index in [1.807, 2.05) is 0 Å². The molecule has 1 rings (SSSR count). The standard InChI is InChI=1S/C11H17O2S/c12-11-13-7-3-1-2-4-8-14-9-5-6-10-14/h5-6,9-10,14H,1-4,7-8H2. The summed E-state index contributed by atoms with van der Waals surface area (Å²) in [5, 5.41) is 4.61. The van der Waals surface area contributed by atoms with Crippen molar-refractivity contribution in [3.63, 3.8) is 0 Å². The lowest BCUT2D eigenvalue weighted by Crippen LogP contribution is -1.92. The van der Waals surface area contributed by atoms with E-state index < -0.39 is 0 Å². The summed E-state index contributed by atoms with van der Waals surface area (Å²) in [5.41, 5.74) is 0. The number of carbonyl (C=O) groups excluding carboxylic acids is 1. The van der Waals surface area contributed by atoms with Crippen LogP contribution in [0.5, 0.6) is 0 Å². The summed E-state index contributed by atoms with van der Waals surface area (Å²) in [6, 6.07) is 0. The highest BCUT2D eigenvalue weighted by Crippen LogP contribution is 2.33. The van der Waals surface area contributed by atoms with Gasteiger partial charge in [0, 0.05) is 0 Å². The third-order valence-electron chi connectivity index (χ3n) is 2.14. The van der Waals surface area contributed by atoms with E-state index in [0.29, 0.717) is 6.61 Å². The minimum atomic E-state index is 0.0726. The minimum absolute atomic E-state index is 0.0726. The van der Waals surface area contributed by atoms with Crippen LogP contribution in [0.2, 0.25) is 0 Å². The van der Waals surface area contributed by atoms with E-state index in [1.54, 1.807) is 0 Å². The molecule has 3 heteroatoms. The Kier molecular flexibility index (Phi) is 6.24. The van der Waals surface area contributed by atoms with Gasteiger partial charge >= 0.3 is 6.47 Å². The Morgan fingerprint density at radius 3 is 2.50 bits per heavy atom.